The predicted molar refractivity (Wildman–Crippen MR) is 97.7 cm³/mol. The quantitative estimate of drug-likeness (QED) is 0.699. The van der Waals surface area contributed by atoms with E-state index in [-0.39, 0.29) is 18.0 Å². The van der Waals surface area contributed by atoms with Crippen molar-refractivity contribution in [2.45, 2.75) is 18.9 Å². The fourth-order valence-corrected chi connectivity index (χ4v) is 3.06. The molecule has 3 aromatic rings. The first kappa shape index (κ1) is 17.1. The van der Waals surface area contributed by atoms with E-state index in [0.29, 0.717) is 24.7 Å². The Bertz CT molecular complexity index is 957. The maximum absolute atomic E-state index is 12.7. The molecule has 8 heteroatoms. The second-order valence-corrected chi connectivity index (χ2v) is 6.23. The van der Waals surface area contributed by atoms with E-state index < -0.39 is 0 Å². The van der Waals surface area contributed by atoms with Crippen LogP contribution >= 0.6 is 0 Å². The Morgan fingerprint density at radius 1 is 1.07 bits per heavy atom. The Hall–Kier alpha value is -3.29. The summed E-state index contributed by atoms with van der Waals surface area (Å²) < 4.78 is 10.9. The lowest BCUT2D eigenvalue weighted by atomic mass is 10.1. The Morgan fingerprint density at radius 3 is 2.63 bits per heavy atom. The molecule has 2 aromatic heterocycles. The lowest BCUT2D eigenvalue weighted by Gasteiger charge is -2.31. The van der Waals surface area contributed by atoms with Gasteiger partial charge in [-0.15, -0.1) is 0 Å². The van der Waals surface area contributed by atoms with Gasteiger partial charge >= 0.3 is 6.01 Å². The van der Waals surface area contributed by atoms with E-state index in [1.54, 1.807) is 23.4 Å². The van der Waals surface area contributed by atoms with Crippen molar-refractivity contribution in [3.05, 3.63) is 48.4 Å². The number of amides is 1. The molecule has 0 radical (unpaired) electrons. The van der Waals surface area contributed by atoms with Gasteiger partial charge in [-0.05, 0) is 12.1 Å². The molecule has 27 heavy (non-hydrogen) atoms. The predicted octanol–water partition coefficient (Wildman–Crippen LogP) is 2.11. The highest BCUT2D eigenvalue weighted by molar-refractivity contribution is 5.93. The largest absolute Gasteiger partial charge is 0.474 e. The number of hydrogen-bond donors (Lipinski definition) is 0. The standard InChI is InChI=1S/C19H19N5O3/c1-26-19-20-9-6-17(23-19)27-13-7-10-24(11-8-13)18(25)16-12-21-14-4-2-3-5-15(14)22-16/h2-6,9,12-13H,7-8,10-11H2,1H3. The summed E-state index contributed by atoms with van der Waals surface area (Å²) in [4.78, 5) is 31.4. The van der Waals surface area contributed by atoms with Gasteiger partial charge in [0, 0.05) is 38.2 Å². The zero-order chi connectivity index (χ0) is 18.6. The lowest BCUT2D eigenvalue weighted by Crippen LogP contribution is -2.42. The van der Waals surface area contributed by atoms with Crippen LogP contribution in [-0.4, -0.2) is 57.0 Å². The number of methoxy groups -OCH3 is 1. The smallest absolute Gasteiger partial charge is 0.319 e. The van der Waals surface area contributed by atoms with E-state index >= 15 is 0 Å². The number of aromatic nitrogens is 4. The number of hydrogen-bond acceptors (Lipinski definition) is 7. The van der Waals surface area contributed by atoms with Crippen molar-refractivity contribution in [2.24, 2.45) is 0 Å². The molecule has 1 aliphatic rings. The van der Waals surface area contributed by atoms with Crippen LogP contribution in [0.25, 0.3) is 11.0 Å². The highest BCUT2D eigenvalue weighted by Gasteiger charge is 2.26. The molecule has 0 saturated carbocycles. The van der Waals surface area contributed by atoms with Gasteiger partial charge in [0.15, 0.2) is 0 Å². The average Bonchev–Trinajstić information content (AvgIpc) is 2.73. The SMILES string of the molecule is COc1nccc(OC2CCN(C(=O)c3cnc4ccccc4n3)CC2)n1. The maximum Gasteiger partial charge on any atom is 0.319 e. The number of rotatable bonds is 4. The van der Waals surface area contributed by atoms with E-state index in [4.69, 9.17) is 9.47 Å². The normalized spacial score (nSPS) is 14.9. The van der Waals surface area contributed by atoms with Crippen LogP contribution in [0.4, 0.5) is 0 Å². The Balaban J connectivity index is 1.38. The molecule has 0 N–H and O–H groups in total. The molecule has 1 aromatic carbocycles. The van der Waals surface area contributed by atoms with E-state index in [9.17, 15) is 4.79 Å². The van der Waals surface area contributed by atoms with Crippen LogP contribution in [0.2, 0.25) is 0 Å². The van der Waals surface area contributed by atoms with Crippen LogP contribution in [0, 0.1) is 0 Å². The summed E-state index contributed by atoms with van der Waals surface area (Å²) in [6.07, 6.45) is 4.58. The second-order valence-electron chi connectivity index (χ2n) is 6.23. The van der Waals surface area contributed by atoms with Crippen molar-refractivity contribution < 1.29 is 14.3 Å². The molecule has 1 amide bonds. The van der Waals surface area contributed by atoms with Gasteiger partial charge in [-0.2, -0.15) is 4.98 Å². The summed E-state index contributed by atoms with van der Waals surface area (Å²) in [6, 6.07) is 9.49. The van der Waals surface area contributed by atoms with Gasteiger partial charge in [-0.1, -0.05) is 12.1 Å². The monoisotopic (exact) mass is 365 g/mol. The summed E-state index contributed by atoms with van der Waals surface area (Å²) in [5, 5.41) is 0. The molecule has 0 unspecified atom stereocenters. The third-order valence-electron chi connectivity index (χ3n) is 4.47. The summed E-state index contributed by atoms with van der Waals surface area (Å²) in [5.74, 6) is 0.377. The molecule has 1 aliphatic heterocycles. The minimum Gasteiger partial charge on any atom is -0.474 e. The zero-order valence-electron chi connectivity index (χ0n) is 14.9. The van der Waals surface area contributed by atoms with E-state index in [1.165, 1.54) is 7.11 Å². The molecule has 8 nitrogen and oxygen atoms in total. The molecule has 138 valence electrons. The molecule has 1 fully saturated rings. The zero-order valence-corrected chi connectivity index (χ0v) is 14.9. The molecule has 0 spiro atoms. The fourth-order valence-electron chi connectivity index (χ4n) is 3.06. The van der Waals surface area contributed by atoms with Crippen LogP contribution < -0.4 is 9.47 Å². The fraction of sp³-hybridized carbons (Fsp3) is 0.316. The van der Waals surface area contributed by atoms with Gasteiger partial charge in [-0.3, -0.25) is 9.78 Å². The number of benzene rings is 1. The van der Waals surface area contributed by atoms with Crippen molar-refractivity contribution in [3.63, 3.8) is 0 Å². The molecule has 0 atom stereocenters. The Morgan fingerprint density at radius 2 is 1.85 bits per heavy atom. The van der Waals surface area contributed by atoms with E-state index in [0.717, 1.165) is 23.9 Å². The second kappa shape index (κ2) is 7.53. The first-order valence-electron chi connectivity index (χ1n) is 8.77. The minimum atomic E-state index is -0.101. The highest BCUT2D eigenvalue weighted by Crippen LogP contribution is 2.20. The maximum atomic E-state index is 12.7. The first-order chi connectivity index (χ1) is 13.2. The van der Waals surface area contributed by atoms with Gasteiger partial charge in [0.25, 0.3) is 5.91 Å². The molecule has 4 rings (SSSR count). The molecule has 0 aliphatic carbocycles. The highest BCUT2D eigenvalue weighted by atomic mass is 16.5. The molecule has 0 bridgehead atoms. The molecular formula is C19H19N5O3. The third kappa shape index (κ3) is 3.79. The van der Waals surface area contributed by atoms with Crippen molar-refractivity contribution >= 4 is 16.9 Å². The Kier molecular flexibility index (Phi) is 4.78. The Labute approximate surface area is 156 Å². The van der Waals surface area contributed by atoms with E-state index in [2.05, 4.69) is 19.9 Å². The van der Waals surface area contributed by atoms with Crippen LogP contribution in [0.15, 0.2) is 42.7 Å². The first-order valence-corrected chi connectivity index (χ1v) is 8.77. The van der Waals surface area contributed by atoms with Gasteiger partial charge in [0.1, 0.15) is 11.8 Å². The van der Waals surface area contributed by atoms with Crippen LogP contribution in [0.3, 0.4) is 0 Å². The summed E-state index contributed by atoms with van der Waals surface area (Å²) >= 11 is 0. The number of nitrogens with zero attached hydrogens (tertiary/aromatic N) is 5. The van der Waals surface area contributed by atoms with Gasteiger partial charge in [0.05, 0.1) is 24.3 Å². The summed E-state index contributed by atoms with van der Waals surface area (Å²) in [6.45, 7) is 1.19. The van der Waals surface area contributed by atoms with Crippen LogP contribution in [-0.2, 0) is 0 Å². The molecule has 3 heterocycles. The molecular weight excluding hydrogens is 346 g/mol. The number of fused-ring (bicyclic) bond motifs is 1. The summed E-state index contributed by atoms with van der Waals surface area (Å²) in [5.41, 5.74) is 1.87. The third-order valence-corrected chi connectivity index (χ3v) is 4.47. The number of likely N-dealkylation sites (tertiary alicyclic amines) is 1. The van der Waals surface area contributed by atoms with Gasteiger partial charge in [0.2, 0.25) is 5.88 Å². The summed E-state index contributed by atoms with van der Waals surface area (Å²) in [7, 11) is 1.51. The number of carbonyl (C=O) groups is 1. The lowest BCUT2D eigenvalue weighted by molar-refractivity contribution is 0.0581. The van der Waals surface area contributed by atoms with Crippen LogP contribution in [0.1, 0.15) is 23.3 Å². The molecule has 1 saturated heterocycles. The van der Waals surface area contributed by atoms with Gasteiger partial charge in [-0.25, -0.2) is 9.97 Å². The average molecular weight is 365 g/mol. The van der Waals surface area contributed by atoms with Crippen LogP contribution in [0.5, 0.6) is 11.9 Å². The van der Waals surface area contributed by atoms with E-state index in [1.807, 2.05) is 24.3 Å². The number of piperidine rings is 1. The van der Waals surface area contributed by atoms with Crippen molar-refractivity contribution in [2.75, 3.05) is 20.2 Å². The number of ether oxygens (including phenoxy) is 2. The minimum absolute atomic E-state index is 0.00339. The number of carbonyl (C=O) groups excluding carboxylic acids is 1. The van der Waals surface area contributed by atoms with Crippen molar-refractivity contribution in [3.8, 4) is 11.9 Å². The number of para-hydroxylation sites is 2. The topological polar surface area (TPSA) is 90.3 Å². The van der Waals surface area contributed by atoms with Gasteiger partial charge < -0.3 is 14.4 Å². The van der Waals surface area contributed by atoms with Crippen molar-refractivity contribution in [1.29, 1.82) is 0 Å². The van der Waals surface area contributed by atoms with Crippen molar-refractivity contribution in [1.82, 2.24) is 24.8 Å².